The van der Waals surface area contributed by atoms with Gasteiger partial charge in [-0.15, -0.1) is 11.8 Å². The standard InChI is InChI=1S/C17H18ClNOS2/c1-21-11-10-19-17(20)14-4-2-13(3-5-14)12-22-16-8-6-15(18)7-9-16/h2-9H,10-12H2,1H3,(H,19,20). The number of halogens is 1. The van der Waals surface area contributed by atoms with Crippen LogP contribution in [0.4, 0.5) is 0 Å². The largest absolute Gasteiger partial charge is 0.351 e. The molecule has 2 aromatic rings. The van der Waals surface area contributed by atoms with Crippen molar-refractivity contribution in [1.29, 1.82) is 0 Å². The summed E-state index contributed by atoms with van der Waals surface area (Å²) in [6.45, 7) is 0.703. The highest BCUT2D eigenvalue weighted by atomic mass is 35.5. The predicted octanol–water partition coefficient (Wildman–Crippen LogP) is 4.73. The first-order valence-electron chi connectivity index (χ1n) is 6.93. The number of benzene rings is 2. The van der Waals surface area contributed by atoms with Gasteiger partial charge in [0.15, 0.2) is 0 Å². The van der Waals surface area contributed by atoms with E-state index in [1.54, 1.807) is 23.5 Å². The molecule has 2 rings (SSSR count). The Bertz CT molecular complexity index is 599. The second-order valence-corrected chi connectivity index (χ2v) is 7.16. The van der Waals surface area contributed by atoms with E-state index in [1.807, 2.05) is 54.8 Å². The van der Waals surface area contributed by atoms with Gasteiger partial charge in [0.1, 0.15) is 0 Å². The van der Waals surface area contributed by atoms with Crippen molar-refractivity contribution in [2.24, 2.45) is 0 Å². The molecular weight excluding hydrogens is 334 g/mol. The van der Waals surface area contributed by atoms with E-state index >= 15 is 0 Å². The number of carbonyl (C=O) groups excluding carboxylic acids is 1. The fourth-order valence-electron chi connectivity index (χ4n) is 1.82. The lowest BCUT2D eigenvalue weighted by molar-refractivity contribution is 0.0956. The van der Waals surface area contributed by atoms with Crippen LogP contribution in [0.15, 0.2) is 53.4 Å². The molecule has 0 heterocycles. The van der Waals surface area contributed by atoms with Gasteiger partial charge in [-0.05, 0) is 48.2 Å². The Balaban J connectivity index is 1.86. The van der Waals surface area contributed by atoms with Crippen molar-refractivity contribution in [3.05, 3.63) is 64.7 Å². The number of carbonyl (C=O) groups is 1. The molecule has 0 bridgehead atoms. The Morgan fingerprint density at radius 2 is 1.77 bits per heavy atom. The van der Waals surface area contributed by atoms with E-state index in [4.69, 9.17) is 11.6 Å². The molecule has 0 unspecified atom stereocenters. The molecular formula is C17H18ClNOS2. The van der Waals surface area contributed by atoms with Crippen molar-refractivity contribution in [3.63, 3.8) is 0 Å². The number of rotatable bonds is 7. The Kier molecular flexibility index (Phi) is 7.16. The average Bonchev–Trinajstić information content (AvgIpc) is 2.55. The summed E-state index contributed by atoms with van der Waals surface area (Å²) in [5.41, 5.74) is 1.90. The predicted molar refractivity (Wildman–Crippen MR) is 98.2 cm³/mol. The van der Waals surface area contributed by atoms with Crippen LogP contribution in [0.3, 0.4) is 0 Å². The molecule has 2 aromatic carbocycles. The van der Waals surface area contributed by atoms with E-state index in [2.05, 4.69) is 5.32 Å². The van der Waals surface area contributed by atoms with Crippen LogP contribution < -0.4 is 5.32 Å². The summed E-state index contributed by atoms with van der Waals surface area (Å²) in [4.78, 5) is 13.1. The summed E-state index contributed by atoms with van der Waals surface area (Å²) in [7, 11) is 0. The van der Waals surface area contributed by atoms with E-state index in [1.165, 1.54) is 10.5 Å². The third-order valence-electron chi connectivity index (χ3n) is 3.03. The molecule has 0 saturated carbocycles. The summed E-state index contributed by atoms with van der Waals surface area (Å²) in [5, 5.41) is 3.66. The first-order valence-corrected chi connectivity index (χ1v) is 9.69. The summed E-state index contributed by atoms with van der Waals surface area (Å²) in [6.07, 6.45) is 2.03. The Hall–Kier alpha value is -1.10. The zero-order chi connectivity index (χ0) is 15.8. The van der Waals surface area contributed by atoms with Crippen molar-refractivity contribution in [2.75, 3.05) is 18.6 Å². The average molecular weight is 352 g/mol. The minimum atomic E-state index is -0.00838. The summed E-state index contributed by atoms with van der Waals surface area (Å²) in [6, 6.07) is 15.6. The molecule has 116 valence electrons. The Labute approximate surface area is 145 Å². The molecule has 0 saturated heterocycles. The molecule has 0 atom stereocenters. The summed E-state index contributed by atoms with van der Waals surface area (Å²) >= 11 is 9.35. The molecule has 0 radical (unpaired) electrons. The monoisotopic (exact) mass is 351 g/mol. The van der Waals surface area contributed by atoms with E-state index in [9.17, 15) is 4.79 Å². The van der Waals surface area contributed by atoms with Gasteiger partial charge in [0.05, 0.1) is 0 Å². The zero-order valence-electron chi connectivity index (χ0n) is 12.3. The van der Waals surface area contributed by atoms with Crippen LogP contribution in [-0.2, 0) is 5.75 Å². The lowest BCUT2D eigenvalue weighted by atomic mass is 10.1. The van der Waals surface area contributed by atoms with Crippen LogP contribution in [0, 0.1) is 0 Å². The van der Waals surface area contributed by atoms with Crippen LogP contribution in [0.2, 0.25) is 5.02 Å². The molecule has 2 nitrogen and oxygen atoms in total. The molecule has 5 heteroatoms. The highest BCUT2D eigenvalue weighted by Gasteiger charge is 2.04. The highest BCUT2D eigenvalue weighted by Crippen LogP contribution is 2.24. The van der Waals surface area contributed by atoms with Gasteiger partial charge in [-0.25, -0.2) is 0 Å². The van der Waals surface area contributed by atoms with E-state index < -0.39 is 0 Å². The third kappa shape index (κ3) is 5.59. The maximum atomic E-state index is 11.9. The second-order valence-electron chi connectivity index (χ2n) is 4.69. The van der Waals surface area contributed by atoms with Crippen molar-refractivity contribution in [2.45, 2.75) is 10.6 Å². The van der Waals surface area contributed by atoms with E-state index in [0.29, 0.717) is 12.1 Å². The summed E-state index contributed by atoms with van der Waals surface area (Å²) < 4.78 is 0. The summed E-state index contributed by atoms with van der Waals surface area (Å²) in [5.74, 6) is 1.79. The fraction of sp³-hybridized carbons (Fsp3) is 0.235. The molecule has 1 N–H and O–H groups in total. The normalized spacial score (nSPS) is 10.5. The topological polar surface area (TPSA) is 29.1 Å². The zero-order valence-corrected chi connectivity index (χ0v) is 14.7. The van der Waals surface area contributed by atoms with Crippen LogP contribution >= 0.6 is 35.1 Å². The van der Waals surface area contributed by atoms with Crippen LogP contribution in [0.25, 0.3) is 0 Å². The number of amides is 1. The number of hydrogen-bond acceptors (Lipinski definition) is 3. The Morgan fingerprint density at radius 3 is 2.41 bits per heavy atom. The van der Waals surface area contributed by atoms with Gasteiger partial charge in [0.25, 0.3) is 5.91 Å². The third-order valence-corrected chi connectivity index (χ3v) is 4.97. The highest BCUT2D eigenvalue weighted by molar-refractivity contribution is 7.98. The Morgan fingerprint density at radius 1 is 1.09 bits per heavy atom. The lowest BCUT2D eigenvalue weighted by Crippen LogP contribution is -2.25. The second kappa shape index (κ2) is 9.13. The molecule has 0 spiro atoms. The molecule has 0 aromatic heterocycles. The first kappa shape index (κ1) is 17.3. The van der Waals surface area contributed by atoms with Gasteiger partial charge in [-0.1, -0.05) is 23.7 Å². The van der Waals surface area contributed by atoms with Gasteiger partial charge in [0.2, 0.25) is 0 Å². The maximum absolute atomic E-state index is 11.9. The first-order chi connectivity index (χ1) is 10.7. The van der Waals surface area contributed by atoms with Crippen molar-refractivity contribution < 1.29 is 4.79 Å². The van der Waals surface area contributed by atoms with Gasteiger partial charge in [-0.2, -0.15) is 11.8 Å². The minimum Gasteiger partial charge on any atom is -0.351 e. The molecule has 0 fully saturated rings. The van der Waals surface area contributed by atoms with Crippen LogP contribution in [-0.4, -0.2) is 24.5 Å². The van der Waals surface area contributed by atoms with Crippen molar-refractivity contribution in [3.8, 4) is 0 Å². The van der Waals surface area contributed by atoms with Crippen molar-refractivity contribution >= 4 is 41.0 Å². The van der Waals surface area contributed by atoms with Gasteiger partial charge in [-0.3, -0.25) is 4.79 Å². The molecule has 1 amide bonds. The van der Waals surface area contributed by atoms with Crippen LogP contribution in [0.5, 0.6) is 0 Å². The van der Waals surface area contributed by atoms with Gasteiger partial charge >= 0.3 is 0 Å². The van der Waals surface area contributed by atoms with Crippen molar-refractivity contribution in [1.82, 2.24) is 5.32 Å². The fourth-order valence-corrected chi connectivity index (χ4v) is 3.11. The SMILES string of the molecule is CSCCNC(=O)c1ccc(CSc2ccc(Cl)cc2)cc1. The maximum Gasteiger partial charge on any atom is 0.251 e. The number of hydrogen-bond donors (Lipinski definition) is 1. The quantitative estimate of drug-likeness (QED) is 0.577. The van der Waals surface area contributed by atoms with E-state index in [0.717, 1.165) is 16.5 Å². The smallest absolute Gasteiger partial charge is 0.251 e. The minimum absolute atomic E-state index is 0.00838. The van der Waals surface area contributed by atoms with Gasteiger partial charge < -0.3 is 5.32 Å². The van der Waals surface area contributed by atoms with E-state index in [-0.39, 0.29) is 5.91 Å². The van der Waals surface area contributed by atoms with Crippen LogP contribution in [0.1, 0.15) is 15.9 Å². The van der Waals surface area contributed by atoms with Gasteiger partial charge in [0, 0.05) is 33.5 Å². The number of thioether (sulfide) groups is 2. The molecule has 0 aliphatic carbocycles. The lowest BCUT2D eigenvalue weighted by Gasteiger charge is -2.06. The molecule has 0 aliphatic rings. The molecule has 22 heavy (non-hydrogen) atoms. The number of nitrogens with one attached hydrogen (secondary N) is 1. The molecule has 0 aliphatic heterocycles.